The minimum absolute atomic E-state index is 0.0194. The van der Waals surface area contributed by atoms with Crippen molar-refractivity contribution in [1.82, 2.24) is 10.2 Å². The van der Waals surface area contributed by atoms with Crippen molar-refractivity contribution >= 4 is 32.4 Å². The molecule has 0 unspecified atom stereocenters. The molecular formula is C9H15N2O8PS. The molecule has 2 rings (SSSR count). The third-order valence-corrected chi connectivity index (χ3v) is 4.01. The third kappa shape index (κ3) is 4.16. The molecule has 12 heteroatoms. The van der Waals surface area contributed by atoms with Crippen LogP contribution in [0.3, 0.4) is 0 Å². The number of thiol groups is 1. The highest BCUT2D eigenvalue weighted by Gasteiger charge is 2.44. The van der Waals surface area contributed by atoms with E-state index in [1.165, 1.54) is 0 Å². The molecule has 120 valence electrons. The van der Waals surface area contributed by atoms with E-state index in [4.69, 9.17) is 14.5 Å². The molecule has 0 spiro atoms. The van der Waals surface area contributed by atoms with Gasteiger partial charge in [-0.15, -0.1) is 0 Å². The van der Waals surface area contributed by atoms with Gasteiger partial charge in [0.2, 0.25) is 5.91 Å². The van der Waals surface area contributed by atoms with Gasteiger partial charge in [0.05, 0.1) is 24.5 Å². The smallest absolute Gasteiger partial charge is 0.390 e. The molecule has 21 heavy (non-hydrogen) atoms. The van der Waals surface area contributed by atoms with Gasteiger partial charge < -0.3 is 19.6 Å². The number of amides is 3. The lowest BCUT2D eigenvalue weighted by atomic mass is 10.2. The van der Waals surface area contributed by atoms with Crippen molar-refractivity contribution in [3.05, 3.63) is 0 Å². The predicted octanol–water partition coefficient (Wildman–Crippen LogP) is -1.23. The number of aliphatic hydroxyl groups is 1. The molecule has 0 aromatic rings. The monoisotopic (exact) mass is 342 g/mol. The average molecular weight is 342 g/mol. The number of hydrogen-bond donors (Lipinski definition) is 5. The van der Waals surface area contributed by atoms with Crippen LogP contribution in [0.2, 0.25) is 0 Å². The zero-order chi connectivity index (χ0) is 15.8. The molecule has 2 heterocycles. The number of hydrogen-bond acceptors (Lipinski definition) is 7. The van der Waals surface area contributed by atoms with Gasteiger partial charge in [-0.1, -0.05) is 0 Å². The molecule has 0 aromatic carbocycles. The number of phosphoric acid groups is 1. The number of urea groups is 1. The number of phosphoric ester groups is 1. The molecule has 10 nitrogen and oxygen atoms in total. The lowest BCUT2D eigenvalue weighted by molar-refractivity contribution is -0.124. The second-order valence-corrected chi connectivity index (χ2v) is 6.50. The maximum absolute atomic E-state index is 11.8. The van der Waals surface area contributed by atoms with Crippen LogP contribution in [0.1, 0.15) is 12.8 Å². The fourth-order valence-electron chi connectivity index (χ4n) is 2.16. The van der Waals surface area contributed by atoms with Crippen LogP contribution in [0.25, 0.3) is 0 Å². The zero-order valence-electron chi connectivity index (χ0n) is 10.7. The highest BCUT2D eigenvalue weighted by atomic mass is 32.1. The quantitative estimate of drug-likeness (QED) is 0.315. The van der Waals surface area contributed by atoms with E-state index >= 15 is 0 Å². The first kappa shape index (κ1) is 16.7. The van der Waals surface area contributed by atoms with Crippen LogP contribution in [-0.4, -0.2) is 62.1 Å². The number of rotatable bonds is 4. The highest BCUT2D eigenvalue weighted by Crippen LogP contribution is 2.37. The maximum Gasteiger partial charge on any atom is 0.469 e. The Kier molecular flexibility index (Phi) is 4.93. The summed E-state index contributed by atoms with van der Waals surface area (Å²) >= 11 is 4.13. The Labute approximate surface area is 125 Å². The minimum atomic E-state index is -4.67. The Morgan fingerprint density at radius 1 is 1.48 bits per heavy atom. The Hall–Kier alpha value is -0.680. The normalized spacial score (nSPS) is 34.2. The Morgan fingerprint density at radius 2 is 2.14 bits per heavy atom. The van der Waals surface area contributed by atoms with Crippen LogP contribution in [0.5, 0.6) is 0 Å². The van der Waals surface area contributed by atoms with Crippen LogP contribution >= 0.6 is 20.5 Å². The Balaban J connectivity index is 1.98. The summed E-state index contributed by atoms with van der Waals surface area (Å²) in [5, 5.41) is 11.2. The van der Waals surface area contributed by atoms with Gasteiger partial charge in [0.25, 0.3) is 0 Å². The number of nitrogens with zero attached hydrogens (tertiary/aromatic N) is 1. The summed E-state index contributed by atoms with van der Waals surface area (Å²) in [6.45, 7) is -0.520. The molecule has 2 fully saturated rings. The van der Waals surface area contributed by atoms with Gasteiger partial charge in [-0.3, -0.25) is 19.5 Å². The second kappa shape index (κ2) is 6.21. The van der Waals surface area contributed by atoms with E-state index in [2.05, 4.69) is 22.5 Å². The van der Waals surface area contributed by atoms with E-state index in [1.54, 1.807) is 0 Å². The van der Waals surface area contributed by atoms with E-state index in [0.29, 0.717) is 0 Å². The van der Waals surface area contributed by atoms with Gasteiger partial charge >= 0.3 is 13.9 Å². The van der Waals surface area contributed by atoms with E-state index in [0.717, 1.165) is 4.90 Å². The SMILES string of the molecule is O=C1C[C@H](S)N([C@H]2C[C@H](O)[C@@H](COP(=O)(O)O)O2)C(=O)N1. The Bertz CT molecular complexity index is 484. The van der Waals surface area contributed by atoms with Gasteiger partial charge in [0.15, 0.2) is 0 Å². The van der Waals surface area contributed by atoms with Crippen molar-refractivity contribution in [3.8, 4) is 0 Å². The third-order valence-electron chi connectivity index (χ3n) is 3.09. The molecule has 2 saturated heterocycles. The summed E-state index contributed by atoms with van der Waals surface area (Å²) in [6.07, 6.45) is -2.91. The van der Waals surface area contributed by atoms with Crippen molar-refractivity contribution in [1.29, 1.82) is 0 Å². The number of carbonyl (C=O) groups excluding carboxylic acids is 2. The molecule has 0 aromatic heterocycles. The number of carbonyl (C=O) groups is 2. The molecule has 4 N–H and O–H groups in total. The summed E-state index contributed by atoms with van der Waals surface area (Å²) in [6, 6.07) is -0.694. The Morgan fingerprint density at radius 3 is 2.71 bits per heavy atom. The largest absolute Gasteiger partial charge is 0.469 e. The van der Waals surface area contributed by atoms with Crippen LogP contribution in [0, 0.1) is 0 Å². The molecule has 2 aliphatic rings. The molecule has 0 radical (unpaired) electrons. The summed E-state index contributed by atoms with van der Waals surface area (Å²) in [5.74, 6) is -0.462. The molecule has 0 aliphatic carbocycles. The van der Waals surface area contributed by atoms with Crippen LogP contribution in [0.15, 0.2) is 0 Å². The fraction of sp³-hybridized carbons (Fsp3) is 0.778. The molecule has 3 amide bonds. The molecule has 0 bridgehead atoms. The van der Waals surface area contributed by atoms with Crippen molar-refractivity contribution in [2.75, 3.05) is 6.61 Å². The first-order valence-corrected chi connectivity index (χ1v) is 8.06. The van der Waals surface area contributed by atoms with Gasteiger partial charge in [0, 0.05) is 6.42 Å². The van der Waals surface area contributed by atoms with Gasteiger partial charge in [-0.2, -0.15) is 12.6 Å². The zero-order valence-corrected chi connectivity index (χ0v) is 12.4. The van der Waals surface area contributed by atoms with Gasteiger partial charge in [0.1, 0.15) is 12.3 Å². The van der Waals surface area contributed by atoms with Crippen LogP contribution in [-0.2, 0) is 18.6 Å². The van der Waals surface area contributed by atoms with Gasteiger partial charge in [-0.25, -0.2) is 9.36 Å². The highest BCUT2D eigenvalue weighted by molar-refractivity contribution is 7.80. The first-order chi connectivity index (χ1) is 9.67. The van der Waals surface area contributed by atoms with Crippen LogP contribution in [0.4, 0.5) is 4.79 Å². The number of imide groups is 1. The molecule has 0 saturated carbocycles. The number of aliphatic hydroxyl groups excluding tert-OH is 1. The minimum Gasteiger partial charge on any atom is -0.390 e. The first-order valence-electron chi connectivity index (χ1n) is 6.01. The molecule has 4 atom stereocenters. The average Bonchev–Trinajstić information content (AvgIpc) is 2.65. The van der Waals surface area contributed by atoms with Crippen LogP contribution < -0.4 is 5.32 Å². The molecular weight excluding hydrogens is 327 g/mol. The lowest BCUT2D eigenvalue weighted by Gasteiger charge is -2.36. The lowest BCUT2D eigenvalue weighted by Crippen LogP contribution is -2.57. The van der Waals surface area contributed by atoms with Crippen molar-refractivity contribution in [2.24, 2.45) is 0 Å². The topological polar surface area (TPSA) is 146 Å². The van der Waals surface area contributed by atoms with E-state index in [-0.39, 0.29) is 12.8 Å². The standard InChI is InChI=1S/C9H15N2O8PS/c12-4-1-7(19-5(4)3-18-20(15,16)17)11-8(21)2-6(13)10-9(11)14/h4-5,7-8,12,21H,1-3H2,(H,10,13,14)(H2,15,16,17)/t4-,5+,7+,8-/m0/s1. The summed E-state index contributed by atoms with van der Waals surface area (Å²) < 4.78 is 20.3. The van der Waals surface area contributed by atoms with Crippen molar-refractivity contribution in [3.63, 3.8) is 0 Å². The predicted molar refractivity (Wildman–Crippen MR) is 70.0 cm³/mol. The number of ether oxygens (including phenoxy) is 1. The number of nitrogens with one attached hydrogen (secondary N) is 1. The summed E-state index contributed by atoms with van der Waals surface area (Å²) in [4.78, 5) is 41.3. The summed E-state index contributed by atoms with van der Waals surface area (Å²) in [7, 11) is -4.67. The summed E-state index contributed by atoms with van der Waals surface area (Å²) in [5.41, 5.74) is 0. The van der Waals surface area contributed by atoms with E-state index < -0.39 is 50.2 Å². The van der Waals surface area contributed by atoms with E-state index in [1.807, 2.05) is 0 Å². The fourth-order valence-corrected chi connectivity index (χ4v) is 2.92. The van der Waals surface area contributed by atoms with E-state index in [9.17, 15) is 19.3 Å². The molecule has 2 aliphatic heterocycles. The van der Waals surface area contributed by atoms with Crippen molar-refractivity contribution < 1.29 is 38.3 Å². The van der Waals surface area contributed by atoms with Gasteiger partial charge in [-0.05, 0) is 0 Å². The maximum atomic E-state index is 11.8. The second-order valence-electron chi connectivity index (χ2n) is 4.66. The van der Waals surface area contributed by atoms with Crippen molar-refractivity contribution in [2.45, 2.75) is 36.7 Å².